The fourth-order valence-electron chi connectivity index (χ4n) is 3.00. The van der Waals surface area contributed by atoms with Crippen molar-refractivity contribution in [3.63, 3.8) is 0 Å². The predicted molar refractivity (Wildman–Crippen MR) is 74.9 cm³/mol. The maximum absolute atomic E-state index is 4.60. The molecule has 2 aromatic rings. The van der Waals surface area contributed by atoms with E-state index in [-0.39, 0.29) is 0 Å². The summed E-state index contributed by atoms with van der Waals surface area (Å²) in [4.78, 5) is 0. The molecule has 1 atom stereocenters. The molecule has 1 aromatic heterocycles. The molecule has 1 saturated heterocycles. The van der Waals surface area contributed by atoms with E-state index < -0.39 is 0 Å². The first kappa shape index (κ1) is 11.7. The van der Waals surface area contributed by atoms with Crippen LogP contribution in [0.3, 0.4) is 0 Å². The number of rotatable bonds is 3. The summed E-state index contributed by atoms with van der Waals surface area (Å²) in [5.41, 5.74) is 3.91. The molecule has 3 heteroatoms. The van der Waals surface area contributed by atoms with Crippen LogP contribution in [0.4, 0.5) is 0 Å². The molecule has 18 heavy (non-hydrogen) atoms. The molecule has 1 fully saturated rings. The lowest BCUT2D eigenvalue weighted by Crippen LogP contribution is -2.28. The molecule has 1 aliphatic rings. The molecule has 0 radical (unpaired) electrons. The standard InChI is InChI=1S/C15H21N3/c1-2-5-11-6-3-8-13-14(11)17-18-15(13)12-7-4-9-16-10-12/h3,6,8,12,16H,2,4-5,7,9-10H2,1H3,(H,17,18). The second kappa shape index (κ2) is 5.11. The maximum atomic E-state index is 4.60. The Labute approximate surface area is 108 Å². The number of hydrogen-bond acceptors (Lipinski definition) is 2. The highest BCUT2D eigenvalue weighted by atomic mass is 15.1. The summed E-state index contributed by atoms with van der Waals surface area (Å²) in [5.74, 6) is 0.573. The van der Waals surface area contributed by atoms with Crippen molar-refractivity contribution in [1.82, 2.24) is 15.5 Å². The van der Waals surface area contributed by atoms with Crippen LogP contribution in [0.1, 0.15) is 43.4 Å². The number of nitrogens with zero attached hydrogens (tertiary/aromatic N) is 1. The second-order valence-electron chi connectivity index (χ2n) is 5.24. The fourth-order valence-corrected chi connectivity index (χ4v) is 3.00. The Hall–Kier alpha value is -1.35. The summed E-state index contributed by atoms with van der Waals surface area (Å²) in [6, 6.07) is 6.59. The van der Waals surface area contributed by atoms with Crippen molar-refractivity contribution < 1.29 is 0 Å². The Kier molecular flexibility index (Phi) is 3.33. The van der Waals surface area contributed by atoms with Gasteiger partial charge >= 0.3 is 0 Å². The number of H-pyrrole nitrogens is 1. The van der Waals surface area contributed by atoms with E-state index in [2.05, 4.69) is 40.6 Å². The van der Waals surface area contributed by atoms with Gasteiger partial charge in [-0.15, -0.1) is 0 Å². The summed E-state index contributed by atoms with van der Waals surface area (Å²) in [7, 11) is 0. The van der Waals surface area contributed by atoms with E-state index in [0.717, 1.165) is 19.5 Å². The van der Waals surface area contributed by atoms with Crippen LogP contribution < -0.4 is 5.32 Å². The average Bonchev–Trinajstić information content (AvgIpc) is 2.85. The number of hydrogen-bond donors (Lipinski definition) is 2. The second-order valence-corrected chi connectivity index (χ2v) is 5.24. The van der Waals surface area contributed by atoms with Gasteiger partial charge in [0, 0.05) is 17.8 Å². The molecule has 1 unspecified atom stereocenters. The average molecular weight is 243 g/mol. The zero-order valence-corrected chi connectivity index (χ0v) is 11.0. The van der Waals surface area contributed by atoms with Gasteiger partial charge in [0.1, 0.15) is 0 Å². The number of piperidine rings is 1. The normalized spacial score (nSPS) is 20.4. The Morgan fingerprint density at radius 1 is 1.39 bits per heavy atom. The monoisotopic (exact) mass is 243 g/mol. The molecular weight excluding hydrogens is 222 g/mol. The van der Waals surface area contributed by atoms with Gasteiger partial charge in [0.2, 0.25) is 0 Å². The minimum atomic E-state index is 0.573. The summed E-state index contributed by atoms with van der Waals surface area (Å²) >= 11 is 0. The third kappa shape index (κ3) is 2.03. The number of aromatic amines is 1. The lowest BCUT2D eigenvalue weighted by atomic mass is 9.93. The van der Waals surface area contributed by atoms with E-state index in [1.807, 2.05) is 0 Å². The highest BCUT2D eigenvalue weighted by Crippen LogP contribution is 2.29. The molecule has 1 aromatic carbocycles. The van der Waals surface area contributed by atoms with E-state index >= 15 is 0 Å². The quantitative estimate of drug-likeness (QED) is 0.870. The third-order valence-corrected chi connectivity index (χ3v) is 3.92. The number of aromatic nitrogens is 2. The van der Waals surface area contributed by atoms with Gasteiger partial charge in [0.25, 0.3) is 0 Å². The van der Waals surface area contributed by atoms with Gasteiger partial charge in [-0.1, -0.05) is 31.5 Å². The van der Waals surface area contributed by atoms with Gasteiger partial charge in [-0.25, -0.2) is 0 Å². The smallest absolute Gasteiger partial charge is 0.0744 e. The summed E-state index contributed by atoms with van der Waals surface area (Å²) in [6.45, 7) is 4.44. The van der Waals surface area contributed by atoms with Crippen LogP contribution in [0.15, 0.2) is 18.2 Å². The van der Waals surface area contributed by atoms with E-state index in [1.54, 1.807) is 0 Å². The minimum Gasteiger partial charge on any atom is -0.316 e. The number of benzene rings is 1. The van der Waals surface area contributed by atoms with Crippen LogP contribution in [-0.4, -0.2) is 23.3 Å². The number of nitrogens with one attached hydrogen (secondary N) is 2. The van der Waals surface area contributed by atoms with Crippen molar-refractivity contribution in [3.05, 3.63) is 29.5 Å². The van der Waals surface area contributed by atoms with Crippen LogP contribution >= 0.6 is 0 Å². The summed E-state index contributed by atoms with van der Waals surface area (Å²) in [5, 5.41) is 12.7. The summed E-state index contributed by atoms with van der Waals surface area (Å²) < 4.78 is 0. The van der Waals surface area contributed by atoms with Gasteiger partial charge in [0.05, 0.1) is 11.2 Å². The van der Waals surface area contributed by atoms with Crippen LogP contribution in [0.25, 0.3) is 10.9 Å². The first-order valence-electron chi connectivity index (χ1n) is 7.06. The van der Waals surface area contributed by atoms with E-state index in [0.29, 0.717) is 5.92 Å². The number of aryl methyl sites for hydroxylation is 1. The van der Waals surface area contributed by atoms with Gasteiger partial charge < -0.3 is 5.32 Å². The fraction of sp³-hybridized carbons (Fsp3) is 0.533. The van der Waals surface area contributed by atoms with Crippen molar-refractivity contribution in [2.24, 2.45) is 0 Å². The van der Waals surface area contributed by atoms with Crippen LogP contribution in [0, 0.1) is 0 Å². The number of fused-ring (bicyclic) bond motifs is 1. The topological polar surface area (TPSA) is 40.7 Å². The molecule has 2 heterocycles. The molecule has 0 saturated carbocycles. The highest BCUT2D eigenvalue weighted by Gasteiger charge is 2.20. The summed E-state index contributed by atoms with van der Waals surface area (Å²) in [6.07, 6.45) is 4.82. The zero-order valence-electron chi connectivity index (χ0n) is 11.0. The Balaban J connectivity index is 2.00. The molecule has 0 bridgehead atoms. The van der Waals surface area contributed by atoms with Crippen molar-refractivity contribution in [2.45, 2.75) is 38.5 Å². The van der Waals surface area contributed by atoms with Gasteiger partial charge in [-0.2, -0.15) is 5.10 Å². The molecule has 0 spiro atoms. The largest absolute Gasteiger partial charge is 0.316 e. The first-order chi connectivity index (χ1) is 8.90. The van der Waals surface area contributed by atoms with Crippen molar-refractivity contribution in [1.29, 1.82) is 0 Å². The third-order valence-electron chi connectivity index (χ3n) is 3.92. The molecule has 96 valence electrons. The van der Waals surface area contributed by atoms with Gasteiger partial charge in [0.15, 0.2) is 0 Å². The molecule has 3 rings (SSSR count). The Morgan fingerprint density at radius 3 is 3.11 bits per heavy atom. The van der Waals surface area contributed by atoms with Crippen molar-refractivity contribution in [3.8, 4) is 0 Å². The van der Waals surface area contributed by atoms with E-state index in [1.165, 1.54) is 41.4 Å². The minimum absolute atomic E-state index is 0.573. The van der Waals surface area contributed by atoms with Crippen LogP contribution in [0.5, 0.6) is 0 Å². The lowest BCUT2D eigenvalue weighted by molar-refractivity contribution is 0.456. The molecular formula is C15H21N3. The molecule has 3 nitrogen and oxygen atoms in total. The molecule has 1 aliphatic heterocycles. The molecule has 2 N–H and O–H groups in total. The lowest BCUT2D eigenvalue weighted by Gasteiger charge is -2.21. The van der Waals surface area contributed by atoms with Gasteiger partial charge in [-0.05, 0) is 31.4 Å². The van der Waals surface area contributed by atoms with Crippen LogP contribution in [0.2, 0.25) is 0 Å². The zero-order chi connectivity index (χ0) is 12.4. The molecule has 0 aliphatic carbocycles. The first-order valence-corrected chi connectivity index (χ1v) is 7.06. The van der Waals surface area contributed by atoms with Gasteiger partial charge in [-0.3, -0.25) is 5.10 Å². The number of para-hydroxylation sites is 1. The van der Waals surface area contributed by atoms with E-state index in [9.17, 15) is 0 Å². The van der Waals surface area contributed by atoms with E-state index in [4.69, 9.17) is 0 Å². The van der Waals surface area contributed by atoms with Crippen molar-refractivity contribution >= 4 is 10.9 Å². The Bertz CT molecular complexity index is 524. The highest BCUT2D eigenvalue weighted by molar-refractivity contribution is 5.84. The maximum Gasteiger partial charge on any atom is 0.0744 e. The van der Waals surface area contributed by atoms with Crippen LogP contribution in [-0.2, 0) is 6.42 Å². The Morgan fingerprint density at radius 2 is 2.33 bits per heavy atom. The molecule has 0 amide bonds. The SMILES string of the molecule is CCCc1cccc2c(C3CCCNC3)n[nH]c12. The predicted octanol–water partition coefficient (Wildman–Crippen LogP) is 2.98. The van der Waals surface area contributed by atoms with Crippen molar-refractivity contribution in [2.75, 3.05) is 13.1 Å².